The highest BCUT2D eigenvalue weighted by molar-refractivity contribution is 5.97. The molecule has 7 nitrogen and oxygen atoms in total. The van der Waals surface area contributed by atoms with Crippen LogP contribution in [0, 0.1) is 5.92 Å². The third-order valence-electron chi connectivity index (χ3n) is 5.09. The van der Waals surface area contributed by atoms with Crippen LogP contribution in [0.5, 0.6) is 11.5 Å². The lowest BCUT2D eigenvalue weighted by molar-refractivity contribution is -0.124. The molecule has 0 aromatic heterocycles. The number of allylic oxidation sites excluding steroid dienone is 2. The van der Waals surface area contributed by atoms with Gasteiger partial charge < -0.3 is 19.9 Å². The molecule has 34 heavy (non-hydrogen) atoms. The maximum Gasteiger partial charge on any atom is 0.344 e. The molecule has 0 spiro atoms. The van der Waals surface area contributed by atoms with Crippen molar-refractivity contribution in [3.8, 4) is 11.5 Å². The number of unbranched alkanes of at least 4 members (excludes halogenated alkanes) is 2. The first kappa shape index (κ1) is 26.6. The number of benzene rings is 2. The van der Waals surface area contributed by atoms with Crippen molar-refractivity contribution in [2.45, 2.75) is 52.7 Å². The van der Waals surface area contributed by atoms with Crippen molar-refractivity contribution in [1.29, 1.82) is 0 Å². The van der Waals surface area contributed by atoms with Crippen LogP contribution in [0.15, 0.2) is 54.6 Å². The second-order valence-corrected chi connectivity index (χ2v) is 8.30. The molecule has 0 fully saturated rings. The summed E-state index contributed by atoms with van der Waals surface area (Å²) in [6, 6.07) is 10.7. The van der Waals surface area contributed by atoms with Gasteiger partial charge in [0.1, 0.15) is 17.1 Å². The van der Waals surface area contributed by atoms with Crippen LogP contribution in [0.2, 0.25) is 0 Å². The van der Waals surface area contributed by atoms with Gasteiger partial charge in [0.15, 0.2) is 5.78 Å². The third-order valence-corrected chi connectivity index (χ3v) is 5.09. The molecule has 1 amide bonds. The lowest BCUT2D eigenvalue weighted by Crippen LogP contribution is -2.32. The van der Waals surface area contributed by atoms with E-state index in [9.17, 15) is 19.5 Å². The molecule has 0 saturated carbocycles. The molecule has 0 bridgehead atoms. The van der Waals surface area contributed by atoms with Gasteiger partial charge in [-0.1, -0.05) is 44.2 Å². The van der Waals surface area contributed by atoms with Gasteiger partial charge in [-0.25, -0.2) is 4.79 Å². The number of carbonyl (C=O) groups excluding carboxylic acids is 3. The van der Waals surface area contributed by atoms with Gasteiger partial charge in [-0.3, -0.25) is 9.59 Å². The second-order valence-electron chi connectivity index (χ2n) is 8.30. The number of nitrogens with one attached hydrogen (secondary N) is 1. The van der Waals surface area contributed by atoms with E-state index in [0.717, 1.165) is 12.8 Å². The molecule has 2 aromatic rings. The zero-order valence-electron chi connectivity index (χ0n) is 20.2. The molecule has 7 heteroatoms. The van der Waals surface area contributed by atoms with E-state index < -0.39 is 12.2 Å². The number of Topliss-reactive ketones (excluding diaryl/α,β-unsaturated/α-hetero) is 1. The van der Waals surface area contributed by atoms with Crippen molar-refractivity contribution in [2.75, 3.05) is 7.11 Å². The molecular weight excluding hydrogens is 434 g/mol. The van der Waals surface area contributed by atoms with Crippen molar-refractivity contribution in [3.63, 3.8) is 0 Å². The molecule has 0 heterocycles. The van der Waals surface area contributed by atoms with Crippen LogP contribution >= 0.6 is 0 Å². The molecule has 182 valence electrons. The smallest absolute Gasteiger partial charge is 0.344 e. The molecule has 0 radical (unpaired) electrons. The monoisotopic (exact) mass is 467 g/mol. The summed E-state index contributed by atoms with van der Waals surface area (Å²) in [6.07, 6.45) is 5.81. The largest absolute Gasteiger partial charge is 0.507 e. The van der Waals surface area contributed by atoms with Crippen LogP contribution in [0.25, 0.3) is 0 Å². The van der Waals surface area contributed by atoms with E-state index in [1.54, 1.807) is 30.3 Å². The fraction of sp³-hybridized carbons (Fsp3) is 0.370. The fourth-order valence-electron chi connectivity index (χ4n) is 3.29. The summed E-state index contributed by atoms with van der Waals surface area (Å²) in [7, 11) is 1.43. The minimum atomic E-state index is -1.13. The number of esters is 1. The third kappa shape index (κ3) is 8.06. The van der Waals surface area contributed by atoms with Gasteiger partial charge in [0.25, 0.3) is 0 Å². The average molecular weight is 468 g/mol. The zero-order valence-corrected chi connectivity index (χ0v) is 20.2. The summed E-state index contributed by atoms with van der Waals surface area (Å²) < 4.78 is 10.9. The van der Waals surface area contributed by atoms with Crippen molar-refractivity contribution < 1.29 is 29.0 Å². The minimum Gasteiger partial charge on any atom is -0.507 e. The molecule has 1 unspecified atom stereocenters. The first-order valence-corrected chi connectivity index (χ1v) is 11.4. The highest BCUT2D eigenvalue weighted by atomic mass is 16.6. The van der Waals surface area contributed by atoms with E-state index in [-0.39, 0.29) is 29.4 Å². The summed E-state index contributed by atoms with van der Waals surface area (Å²) >= 11 is 0. The SMILES string of the molecule is COc1cc(C(NC(=O)CCCC/C=C/C(C)C)OC(=O)c2ccccc2O)ccc1C(C)=O. The molecule has 0 aliphatic heterocycles. The Morgan fingerprint density at radius 1 is 1.06 bits per heavy atom. The van der Waals surface area contributed by atoms with Gasteiger partial charge in [0.05, 0.1) is 12.7 Å². The highest BCUT2D eigenvalue weighted by Gasteiger charge is 2.23. The van der Waals surface area contributed by atoms with Gasteiger partial charge in [-0.05, 0) is 56.4 Å². The maximum absolute atomic E-state index is 12.7. The molecular formula is C27H33NO6. The quantitative estimate of drug-likeness (QED) is 0.143. The fourth-order valence-corrected chi connectivity index (χ4v) is 3.29. The average Bonchev–Trinajstić information content (AvgIpc) is 2.80. The summed E-state index contributed by atoms with van der Waals surface area (Å²) in [5, 5.41) is 12.7. The van der Waals surface area contributed by atoms with Crippen molar-refractivity contribution in [2.24, 2.45) is 5.92 Å². The van der Waals surface area contributed by atoms with E-state index in [0.29, 0.717) is 29.2 Å². The first-order valence-electron chi connectivity index (χ1n) is 11.4. The van der Waals surface area contributed by atoms with Gasteiger partial charge in [0, 0.05) is 12.0 Å². The Bertz CT molecular complexity index is 1030. The molecule has 0 aliphatic carbocycles. The number of rotatable bonds is 12. The number of amides is 1. The number of phenols is 1. The number of para-hydroxylation sites is 1. The van der Waals surface area contributed by atoms with Crippen LogP contribution in [0.4, 0.5) is 0 Å². The van der Waals surface area contributed by atoms with E-state index in [4.69, 9.17) is 9.47 Å². The Hall–Kier alpha value is -3.61. The van der Waals surface area contributed by atoms with Crippen LogP contribution in [-0.2, 0) is 9.53 Å². The number of carbonyl (C=O) groups is 3. The summed E-state index contributed by atoms with van der Waals surface area (Å²) in [6.45, 7) is 5.64. The Morgan fingerprint density at radius 3 is 2.44 bits per heavy atom. The number of ether oxygens (including phenoxy) is 2. The van der Waals surface area contributed by atoms with Gasteiger partial charge in [-0.15, -0.1) is 0 Å². The van der Waals surface area contributed by atoms with Crippen LogP contribution in [-0.4, -0.2) is 29.9 Å². The van der Waals surface area contributed by atoms with Crippen molar-refractivity contribution in [1.82, 2.24) is 5.32 Å². The molecule has 2 rings (SSSR count). The first-order chi connectivity index (χ1) is 16.2. The number of ketones is 1. The van der Waals surface area contributed by atoms with E-state index in [1.165, 1.54) is 26.2 Å². The normalized spacial score (nSPS) is 11.9. The number of phenolic OH excluding ortho intramolecular Hbond substituents is 1. The van der Waals surface area contributed by atoms with Gasteiger partial charge in [0.2, 0.25) is 12.1 Å². The Balaban J connectivity index is 2.17. The molecule has 1 atom stereocenters. The molecule has 2 aromatic carbocycles. The zero-order chi connectivity index (χ0) is 25.1. The van der Waals surface area contributed by atoms with E-state index in [1.807, 2.05) is 0 Å². The predicted octanol–water partition coefficient (Wildman–Crippen LogP) is 5.35. The van der Waals surface area contributed by atoms with Crippen LogP contribution < -0.4 is 10.1 Å². The number of methoxy groups -OCH3 is 1. The predicted molar refractivity (Wildman–Crippen MR) is 130 cm³/mol. The number of aromatic hydroxyl groups is 1. The lowest BCUT2D eigenvalue weighted by atomic mass is 10.1. The maximum atomic E-state index is 12.7. The summed E-state index contributed by atoms with van der Waals surface area (Å²) in [5.41, 5.74) is 0.780. The number of hydrogen-bond acceptors (Lipinski definition) is 6. The van der Waals surface area contributed by atoms with Gasteiger partial charge >= 0.3 is 5.97 Å². The lowest BCUT2D eigenvalue weighted by Gasteiger charge is -2.21. The standard InChI is InChI=1S/C27H33NO6/c1-18(2)11-7-5-6-8-14-25(31)28-26(34-27(32)22-12-9-10-13-23(22)30)20-15-16-21(19(3)29)24(17-20)33-4/h7,9-13,15-18,26,30H,5-6,8,14H2,1-4H3,(H,28,31)/b11-7+. The topological polar surface area (TPSA) is 102 Å². The Kier molecular flexibility index (Phi) is 10.3. The van der Waals surface area contributed by atoms with Crippen LogP contribution in [0.3, 0.4) is 0 Å². The van der Waals surface area contributed by atoms with Crippen molar-refractivity contribution in [3.05, 3.63) is 71.3 Å². The second kappa shape index (κ2) is 13.2. The Morgan fingerprint density at radius 2 is 1.79 bits per heavy atom. The Labute approximate surface area is 200 Å². The molecule has 0 aliphatic rings. The summed E-state index contributed by atoms with van der Waals surface area (Å²) in [5.74, 6) is -0.679. The van der Waals surface area contributed by atoms with E-state index in [2.05, 4.69) is 31.3 Å². The number of hydrogen-bond donors (Lipinski definition) is 2. The molecule has 0 saturated heterocycles. The van der Waals surface area contributed by atoms with Crippen molar-refractivity contribution >= 4 is 17.7 Å². The minimum absolute atomic E-state index is 0.0222. The summed E-state index contributed by atoms with van der Waals surface area (Å²) in [4.78, 5) is 37.2. The molecule has 2 N–H and O–H groups in total. The van der Waals surface area contributed by atoms with Crippen LogP contribution in [0.1, 0.15) is 79.0 Å². The van der Waals surface area contributed by atoms with Gasteiger partial charge in [-0.2, -0.15) is 0 Å². The van der Waals surface area contributed by atoms with E-state index >= 15 is 0 Å². The highest BCUT2D eigenvalue weighted by Crippen LogP contribution is 2.27.